The first-order valence-corrected chi connectivity index (χ1v) is 10.1. The summed E-state index contributed by atoms with van der Waals surface area (Å²) in [5.74, 6) is -0.403. The van der Waals surface area contributed by atoms with Gasteiger partial charge < -0.3 is 9.64 Å². The van der Waals surface area contributed by atoms with Crippen molar-refractivity contribution >= 4 is 44.2 Å². The Labute approximate surface area is 167 Å². The minimum atomic E-state index is -1.66. The zero-order chi connectivity index (χ0) is 19.9. The minimum Gasteiger partial charge on any atom is -0.465 e. The van der Waals surface area contributed by atoms with E-state index in [9.17, 15) is 9.59 Å². The fraction of sp³-hybridized carbons (Fsp3) is 0.286. The van der Waals surface area contributed by atoms with Crippen LogP contribution in [0, 0.1) is 0 Å². The highest BCUT2D eigenvalue weighted by Crippen LogP contribution is 2.38. The van der Waals surface area contributed by atoms with E-state index in [0.717, 1.165) is 16.6 Å². The Bertz CT molecular complexity index is 1080. The molecule has 1 aliphatic rings. The topological polar surface area (TPSA) is 71.5 Å². The molecule has 2 amide bonds. The lowest BCUT2D eigenvalue weighted by Crippen LogP contribution is -2.60. The molecule has 1 aliphatic heterocycles. The second-order valence-electron chi connectivity index (χ2n) is 6.78. The van der Waals surface area contributed by atoms with Crippen molar-refractivity contribution in [2.24, 2.45) is 0 Å². The normalized spacial score (nSPS) is 18.7. The lowest BCUT2D eigenvalue weighted by Gasteiger charge is -2.38. The van der Waals surface area contributed by atoms with E-state index in [1.807, 2.05) is 37.3 Å². The second-order valence-corrected chi connectivity index (χ2v) is 7.81. The monoisotopic (exact) mass is 395 g/mol. The number of carbonyl (C=O) groups is 2. The molecule has 0 saturated heterocycles. The molecule has 28 heavy (non-hydrogen) atoms. The maximum absolute atomic E-state index is 13.1. The number of para-hydroxylation sites is 2. The number of benzene rings is 2. The van der Waals surface area contributed by atoms with E-state index in [0.29, 0.717) is 23.1 Å². The van der Waals surface area contributed by atoms with Crippen molar-refractivity contribution in [1.82, 2.24) is 4.98 Å². The number of nitrogens with one attached hydrogen (secondary N) is 1. The molecule has 0 radical (unpaired) electrons. The first-order chi connectivity index (χ1) is 13.5. The molecular weight excluding hydrogens is 374 g/mol. The summed E-state index contributed by atoms with van der Waals surface area (Å²) in [6.45, 7) is 5.92. The third-order valence-electron chi connectivity index (χ3n) is 4.95. The predicted molar refractivity (Wildman–Crippen MR) is 111 cm³/mol. The number of amides is 2. The van der Waals surface area contributed by atoms with Crippen LogP contribution in [0.25, 0.3) is 10.2 Å². The molecular formula is C21H21N3O3S. The minimum absolute atomic E-state index is 0.388. The van der Waals surface area contributed by atoms with Gasteiger partial charge in [-0.05, 0) is 50.1 Å². The van der Waals surface area contributed by atoms with Gasteiger partial charge in [0, 0.05) is 6.54 Å². The zero-order valence-corrected chi connectivity index (χ0v) is 16.8. The molecule has 3 aromatic rings. The standard InChI is InChI=1S/C21H21N3O3S/c1-4-13-10-11-14-17(12-13)28-20(22-14)23-18(25)21(3)19(26)24(5-2)15-8-6-7-9-16(15)27-21/h6-12H,4-5H2,1-3H3,(H,22,23,25). The number of ether oxygens (including phenoxy) is 1. The van der Waals surface area contributed by atoms with Gasteiger partial charge in [0.15, 0.2) is 5.13 Å². The lowest BCUT2D eigenvalue weighted by molar-refractivity contribution is -0.145. The molecule has 4 rings (SSSR count). The smallest absolute Gasteiger partial charge is 0.280 e. The molecule has 6 nitrogen and oxygen atoms in total. The Morgan fingerprint density at radius 1 is 1.25 bits per heavy atom. The number of hydrogen-bond acceptors (Lipinski definition) is 5. The molecule has 1 aromatic heterocycles. The van der Waals surface area contributed by atoms with E-state index in [4.69, 9.17) is 4.74 Å². The van der Waals surface area contributed by atoms with E-state index in [1.54, 1.807) is 11.0 Å². The van der Waals surface area contributed by atoms with Crippen molar-refractivity contribution in [2.75, 3.05) is 16.8 Å². The van der Waals surface area contributed by atoms with Gasteiger partial charge in [-0.15, -0.1) is 0 Å². The molecule has 144 valence electrons. The van der Waals surface area contributed by atoms with E-state index >= 15 is 0 Å². The number of carbonyl (C=O) groups excluding carboxylic acids is 2. The molecule has 0 fully saturated rings. The first kappa shape index (κ1) is 18.4. The summed E-state index contributed by atoms with van der Waals surface area (Å²) < 4.78 is 6.88. The van der Waals surface area contributed by atoms with Gasteiger partial charge in [0.2, 0.25) is 0 Å². The van der Waals surface area contributed by atoms with Crippen molar-refractivity contribution in [3.8, 4) is 5.75 Å². The van der Waals surface area contributed by atoms with Crippen molar-refractivity contribution in [2.45, 2.75) is 32.8 Å². The van der Waals surface area contributed by atoms with Crippen molar-refractivity contribution in [3.63, 3.8) is 0 Å². The predicted octanol–water partition coefficient (Wildman–Crippen LogP) is 4.00. The number of thiazole rings is 1. The highest BCUT2D eigenvalue weighted by Gasteiger charge is 2.50. The molecule has 1 unspecified atom stereocenters. The van der Waals surface area contributed by atoms with Gasteiger partial charge in [-0.2, -0.15) is 0 Å². The molecule has 0 spiro atoms. The van der Waals surface area contributed by atoms with E-state index in [2.05, 4.69) is 23.3 Å². The van der Waals surface area contributed by atoms with Crippen LogP contribution in [-0.2, 0) is 16.0 Å². The van der Waals surface area contributed by atoms with Crippen molar-refractivity contribution < 1.29 is 14.3 Å². The van der Waals surface area contributed by atoms with Crippen molar-refractivity contribution in [1.29, 1.82) is 0 Å². The van der Waals surface area contributed by atoms with Gasteiger partial charge in [-0.3, -0.25) is 14.9 Å². The average molecular weight is 395 g/mol. The van der Waals surface area contributed by atoms with E-state index in [1.165, 1.54) is 23.8 Å². The number of rotatable bonds is 4. The molecule has 0 saturated carbocycles. The number of fused-ring (bicyclic) bond motifs is 2. The zero-order valence-electron chi connectivity index (χ0n) is 16.0. The summed E-state index contributed by atoms with van der Waals surface area (Å²) >= 11 is 1.39. The Hall–Kier alpha value is -2.93. The summed E-state index contributed by atoms with van der Waals surface area (Å²) in [7, 11) is 0. The SMILES string of the molecule is CCc1ccc2nc(NC(=O)C3(C)Oc4ccccc4N(CC)C3=O)sc2c1. The Morgan fingerprint density at radius 2 is 2.04 bits per heavy atom. The van der Waals surface area contributed by atoms with Gasteiger partial charge in [-0.25, -0.2) is 4.98 Å². The average Bonchev–Trinajstić information content (AvgIpc) is 3.10. The number of aryl methyl sites for hydroxylation is 1. The van der Waals surface area contributed by atoms with E-state index in [-0.39, 0.29) is 5.91 Å². The number of aromatic nitrogens is 1. The van der Waals surface area contributed by atoms with Crippen LogP contribution in [0.5, 0.6) is 5.75 Å². The lowest BCUT2D eigenvalue weighted by atomic mass is 10.00. The molecule has 2 heterocycles. The summed E-state index contributed by atoms with van der Waals surface area (Å²) in [6.07, 6.45) is 0.933. The summed E-state index contributed by atoms with van der Waals surface area (Å²) in [6, 6.07) is 13.3. The summed E-state index contributed by atoms with van der Waals surface area (Å²) in [4.78, 5) is 32.1. The van der Waals surface area contributed by atoms with Gasteiger partial charge in [0.05, 0.1) is 15.9 Å². The third kappa shape index (κ3) is 2.92. The largest absolute Gasteiger partial charge is 0.465 e. The fourth-order valence-corrected chi connectivity index (χ4v) is 4.24. The van der Waals surface area contributed by atoms with Gasteiger partial charge >= 0.3 is 0 Å². The third-order valence-corrected chi connectivity index (χ3v) is 5.89. The van der Waals surface area contributed by atoms with Gasteiger partial charge in [0.25, 0.3) is 17.4 Å². The van der Waals surface area contributed by atoms with Crippen LogP contribution < -0.4 is 15.0 Å². The number of hydrogen-bond donors (Lipinski definition) is 1. The summed E-state index contributed by atoms with van der Waals surface area (Å²) in [5.41, 5.74) is 1.05. The number of nitrogens with zero attached hydrogens (tertiary/aromatic N) is 2. The van der Waals surface area contributed by atoms with Crippen LogP contribution in [0.4, 0.5) is 10.8 Å². The molecule has 0 aliphatic carbocycles. The Morgan fingerprint density at radius 3 is 2.79 bits per heavy atom. The fourth-order valence-electron chi connectivity index (χ4n) is 3.31. The second kappa shape index (κ2) is 6.91. The molecule has 0 bridgehead atoms. The summed E-state index contributed by atoms with van der Waals surface area (Å²) in [5, 5.41) is 3.23. The van der Waals surface area contributed by atoms with Crippen LogP contribution in [0.2, 0.25) is 0 Å². The maximum atomic E-state index is 13.1. The Kier molecular flexibility index (Phi) is 4.55. The van der Waals surface area contributed by atoms with Crippen LogP contribution in [-0.4, -0.2) is 28.9 Å². The highest BCUT2D eigenvalue weighted by atomic mass is 32.1. The molecule has 1 atom stereocenters. The van der Waals surface area contributed by atoms with Gasteiger partial charge in [-0.1, -0.05) is 36.5 Å². The maximum Gasteiger partial charge on any atom is 0.280 e. The van der Waals surface area contributed by atoms with Crippen LogP contribution in [0.15, 0.2) is 42.5 Å². The Balaban J connectivity index is 1.64. The molecule has 2 aromatic carbocycles. The molecule has 7 heteroatoms. The van der Waals surface area contributed by atoms with E-state index < -0.39 is 11.5 Å². The quantitative estimate of drug-likeness (QED) is 0.678. The number of likely N-dealkylation sites (N-methyl/N-ethyl adjacent to an activating group) is 1. The van der Waals surface area contributed by atoms with Crippen LogP contribution in [0.3, 0.4) is 0 Å². The number of anilines is 2. The van der Waals surface area contributed by atoms with Crippen LogP contribution >= 0.6 is 11.3 Å². The highest BCUT2D eigenvalue weighted by molar-refractivity contribution is 7.22. The first-order valence-electron chi connectivity index (χ1n) is 9.27. The molecule has 1 N–H and O–H groups in total. The van der Waals surface area contributed by atoms with Crippen molar-refractivity contribution in [3.05, 3.63) is 48.0 Å². The van der Waals surface area contributed by atoms with Crippen LogP contribution in [0.1, 0.15) is 26.3 Å². The van der Waals surface area contributed by atoms with Gasteiger partial charge in [0.1, 0.15) is 5.75 Å².